The van der Waals surface area contributed by atoms with Crippen LogP contribution in [0.4, 0.5) is 4.79 Å². The van der Waals surface area contributed by atoms with Crippen LogP contribution in [0.15, 0.2) is 29.2 Å². The number of unbranched alkanes of at least 4 members (excludes halogenated alkanes) is 1. The van der Waals surface area contributed by atoms with Crippen molar-refractivity contribution in [3.63, 3.8) is 0 Å². The third-order valence-corrected chi connectivity index (χ3v) is 4.92. The second-order valence-electron chi connectivity index (χ2n) is 6.25. The van der Waals surface area contributed by atoms with Crippen LogP contribution in [0.3, 0.4) is 0 Å². The van der Waals surface area contributed by atoms with Gasteiger partial charge in [0.25, 0.3) is 11.1 Å². The molecular weight excluding hydrogens is 366 g/mol. The first-order valence-electron chi connectivity index (χ1n) is 9.12. The molecular formula is C20H25NO5S. The van der Waals surface area contributed by atoms with Crippen LogP contribution in [0.25, 0.3) is 6.08 Å². The molecule has 2 amide bonds. The van der Waals surface area contributed by atoms with E-state index in [1.807, 2.05) is 31.2 Å². The van der Waals surface area contributed by atoms with Gasteiger partial charge >= 0.3 is 5.97 Å². The molecule has 0 radical (unpaired) electrons. The summed E-state index contributed by atoms with van der Waals surface area (Å²) < 4.78 is 10.7. The number of amides is 2. The molecule has 146 valence electrons. The molecule has 1 atom stereocenters. The average Bonchev–Trinajstić information content (AvgIpc) is 2.90. The molecule has 0 saturated carbocycles. The summed E-state index contributed by atoms with van der Waals surface area (Å²) in [5.74, 6) is -0.294. The van der Waals surface area contributed by atoms with Crippen LogP contribution < -0.4 is 4.74 Å². The first kappa shape index (κ1) is 21.0. The van der Waals surface area contributed by atoms with Gasteiger partial charge in [0.1, 0.15) is 12.3 Å². The number of benzene rings is 1. The Balaban J connectivity index is 1.99. The number of hydrogen-bond acceptors (Lipinski definition) is 6. The third-order valence-electron chi connectivity index (χ3n) is 4.01. The fourth-order valence-corrected chi connectivity index (χ4v) is 3.09. The zero-order valence-electron chi connectivity index (χ0n) is 15.9. The van der Waals surface area contributed by atoms with Crippen molar-refractivity contribution in [2.75, 3.05) is 13.2 Å². The van der Waals surface area contributed by atoms with Gasteiger partial charge in [-0.25, -0.2) is 0 Å². The second kappa shape index (κ2) is 10.2. The van der Waals surface area contributed by atoms with Crippen LogP contribution in [0.5, 0.6) is 5.75 Å². The van der Waals surface area contributed by atoms with E-state index < -0.39 is 17.1 Å². The van der Waals surface area contributed by atoms with Crippen LogP contribution in [-0.2, 0) is 14.3 Å². The molecule has 0 aliphatic carbocycles. The zero-order valence-corrected chi connectivity index (χ0v) is 16.7. The topological polar surface area (TPSA) is 72.9 Å². The maximum atomic E-state index is 12.4. The molecule has 1 aromatic rings. The molecule has 0 unspecified atom stereocenters. The quantitative estimate of drug-likeness (QED) is 0.356. The molecule has 2 rings (SSSR count). The standard InChI is InChI=1S/C20H25NO5S/c1-4-6-11-25-16-9-7-15(8-10-16)12-17-19(23)21(20(24)27-17)13-18(22)26-14(3)5-2/h7-10,12,14H,4-6,11,13H2,1-3H3/b17-12-/t14-/m0/s1. The van der Waals surface area contributed by atoms with Gasteiger partial charge in [0.2, 0.25) is 0 Å². The Morgan fingerprint density at radius 2 is 1.93 bits per heavy atom. The number of nitrogens with zero attached hydrogens (tertiary/aromatic N) is 1. The maximum Gasteiger partial charge on any atom is 0.326 e. The lowest BCUT2D eigenvalue weighted by Crippen LogP contribution is -2.35. The molecule has 0 bridgehead atoms. The van der Waals surface area contributed by atoms with Gasteiger partial charge in [-0.05, 0) is 55.3 Å². The number of esters is 1. The highest BCUT2D eigenvalue weighted by Crippen LogP contribution is 2.32. The summed E-state index contributed by atoms with van der Waals surface area (Å²) in [5.41, 5.74) is 0.783. The number of carbonyl (C=O) groups is 3. The summed E-state index contributed by atoms with van der Waals surface area (Å²) in [5, 5.41) is -0.466. The van der Waals surface area contributed by atoms with E-state index in [1.165, 1.54) is 0 Å². The fraction of sp³-hybridized carbons (Fsp3) is 0.450. The number of imide groups is 1. The molecule has 1 saturated heterocycles. The molecule has 0 aromatic heterocycles. The van der Waals surface area contributed by atoms with Gasteiger partial charge in [-0.2, -0.15) is 0 Å². The number of carbonyl (C=O) groups excluding carboxylic acids is 3. The van der Waals surface area contributed by atoms with Gasteiger partial charge in [-0.3, -0.25) is 19.3 Å². The summed E-state index contributed by atoms with van der Waals surface area (Å²) in [6, 6.07) is 7.31. The van der Waals surface area contributed by atoms with E-state index in [9.17, 15) is 14.4 Å². The van der Waals surface area contributed by atoms with E-state index in [0.29, 0.717) is 13.0 Å². The molecule has 0 spiro atoms. The number of rotatable bonds is 9. The van der Waals surface area contributed by atoms with E-state index in [1.54, 1.807) is 13.0 Å². The van der Waals surface area contributed by atoms with Crippen molar-refractivity contribution in [3.8, 4) is 5.75 Å². The van der Waals surface area contributed by atoms with Crippen molar-refractivity contribution in [2.24, 2.45) is 0 Å². The Kier molecular flexibility index (Phi) is 7.91. The first-order valence-corrected chi connectivity index (χ1v) is 9.94. The highest BCUT2D eigenvalue weighted by Gasteiger charge is 2.36. The van der Waals surface area contributed by atoms with Crippen LogP contribution in [-0.4, -0.2) is 41.3 Å². The second-order valence-corrected chi connectivity index (χ2v) is 7.24. The van der Waals surface area contributed by atoms with E-state index >= 15 is 0 Å². The Morgan fingerprint density at radius 3 is 2.56 bits per heavy atom. The lowest BCUT2D eigenvalue weighted by atomic mass is 10.2. The van der Waals surface area contributed by atoms with E-state index in [4.69, 9.17) is 9.47 Å². The minimum absolute atomic E-state index is 0.244. The maximum absolute atomic E-state index is 12.4. The Bertz CT molecular complexity index is 714. The van der Waals surface area contributed by atoms with E-state index in [0.717, 1.165) is 40.8 Å². The van der Waals surface area contributed by atoms with Crippen molar-refractivity contribution in [3.05, 3.63) is 34.7 Å². The molecule has 1 aromatic carbocycles. The van der Waals surface area contributed by atoms with Gasteiger partial charge in [0.15, 0.2) is 0 Å². The van der Waals surface area contributed by atoms with Crippen LogP contribution in [0.2, 0.25) is 0 Å². The largest absolute Gasteiger partial charge is 0.494 e. The molecule has 1 aliphatic heterocycles. The Hall–Kier alpha value is -2.28. The van der Waals surface area contributed by atoms with Crippen molar-refractivity contribution >= 4 is 35.0 Å². The van der Waals surface area contributed by atoms with Crippen LogP contribution in [0.1, 0.15) is 45.6 Å². The number of hydrogen-bond donors (Lipinski definition) is 0. The summed E-state index contributed by atoms with van der Waals surface area (Å²) in [4.78, 5) is 37.6. The van der Waals surface area contributed by atoms with Crippen molar-refractivity contribution in [2.45, 2.75) is 46.1 Å². The minimum atomic E-state index is -0.582. The number of ether oxygens (including phenoxy) is 2. The monoisotopic (exact) mass is 391 g/mol. The van der Waals surface area contributed by atoms with E-state index in [2.05, 4.69) is 6.92 Å². The molecule has 6 nitrogen and oxygen atoms in total. The number of thioether (sulfide) groups is 1. The molecule has 27 heavy (non-hydrogen) atoms. The fourth-order valence-electron chi connectivity index (χ4n) is 2.26. The molecule has 1 aliphatic rings. The zero-order chi connectivity index (χ0) is 19.8. The summed E-state index contributed by atoms with van der Waals surface area (Å²) in [6.45, 7) is 6.06. The lowest BCUT2D eigenvalue weighted by molar-refractivity contribution is -0.150. The van der Waals surface area contributed by atoms with Gasteiger partial charge in [0.05, 0.1) is 17.6 Å². The van der Waals surface area contributed by atoms with Gasteiger partial charge in [-0.15, -0.1) is 0 Å². The highest BCUT2D eigenvalue weighted by atomic mass is 32.2. The van der Waals surface area contributed by atoms with Crippen molar-refractivity contribution in [1.82, 2.24) is 4.90 Å². The van der Waals surface area contributed by atoms with Gasteiger partial charge in [0, 0.05) is 0 Å². The highest BCUT2D eigenvalue weighted by molar-refractivity contribution is 8.18. The Labute approximate surface area is 163 Å². The molecule has 1 heterocycles. The molecule has 1 fully saturated rings. The lowest BCUT2D eigenvalue weighted by Gasteiger charge is -2.14. The SMILES string of the molecule is CCCCOc1ccc(/C=C2\SC(=O)N(CC(=O)O[C@@H](C)CC)C2=O)cc1. The van der Waals surface area contributed by atoms with E-state index in [-0.39, 0.29) is 17.6 Å². The minimum Gasteiger partial charge on any atom is -0.494 e. The predicted molar refractivity (Wildman–Crippen MR) is 105 cm³/mol. The van der Waals surface area contributed by atoms with Gasteiger partial charge < -0.3 is 9.47 Å². The third kappa shape index (κ3) is 6.13. The average molecular weight is 391 g/mol. The van der Waals surface area contributed by atoms with Crippen LogP contribution in [0, 0.1) is 0 Å². The predicted octanol–water partition coefficient (Wildman–Crippen LogP) is 4.24. The smallest absolute Gasteiger partial charge is 0.326 e. The normalized spacial score (nSPS) is 16.7. The summed E-state index contributed by atoms with van der Waals surface area (Å²) >= 11 is 0.824. The van der Waals surface area contributed by atoms with Gasteiger partial charge in [-0.1, -0.05) is 32.4 Å². The molecule has 0 N–H and O–H groups in total. The Morgan fingerprint density at radius 1 is 1.22 bits per heavy atom. The molecule has 7 heteroatoms. The first-order chi connectivity index (χ1) is 12.9. The summed E-state index contributed by atoms with van der Waals surface area (Å²) in [6.07, 6.45) is 4.13. The van der Waals surface area contributed by atoms with Crippen molar-refractivity contribution in [1.29, 1.82) is 0 Å². The van der Waals surface area contributed by atoms with Crippen molar-refractivity contribution < 1.29 is 23.9 Å². The summed E-state index contributed by atoms with van der Waals surface area (Å²) in [7, 11) is 0. The van der Waals surface area contributed by atoms with Crippen LogP contribution >= 0.6 is 11.8 Å².